The van der Waals surface area contributed by atoms with Gasteiger partial charge in [-0.15, -0.1) is 0 Å². The number of likely N-dealkylation sites (tertiary alicyclic amines) is 1. The smallest absolute Gasteiger partial charge is 0.294 e. The van der Waals surface area contributed by atoms with Crippen molar-refractivity contribution in [1.29, 1.82) is 0 Å². The van der Waals surface area contributed by atoms with Crippen molar-refractivity contribution in [2.75, 3.05) is 19.6 Å². The van der Waals surface area contributed by atoms with Crippen LogP contribution in [-0.2, 0) is 9.59 Å². The van der Waals surface area contributed by atoms with Crippen molar-refractivity contribution in [2.24, 2.45) is 0 Å². The Balaban J connectivity index is 1.74. The lowest BCUT2D eigenvalue weighted by molar-refractivity contribution is -0.135. The molecule has 0 radical (unpaired) electrons. The van der Waals surface area contributed by atoms with Gasteiger partial charge in [0.2, 0.25) is 5.91 Å². The molecule has 3 rings (SSSR count). The first-order valence-corrected chi connectivity index (χ1v) is 9.64. The van der Waals surface area contributed by atoms with E-state index in [0.717, 1.165) is 30.6 Å². The number of carbonyl (C=O) groups excluding carboxylic acids is 3. The standard InChI is InChI=1S/C18H18ClFN2O3S/c19-13-6-5-7-14(20)12(13)10-15-17(24)22(18(25)26-15)11-16(23)21-8-3-1-2-4-9-21/h5-7,10H,1-4,8-9,11H2. The monoisotopic (exact) mass is 396 g/mol. The Labute approximate surface area is 160 Å². The molecule has 2 fully saturated rings. The van der Waals surface area contributed by atoms with Crippen molar-refractivity contribution in [3.8, 4) is 0 Å². The van der Waals surface area contributed by atoms with E-state index in [-0.39, 0.29) is 27.9 Å². The minimum atomic E-state index is -0.595. The van der Waals surface area contributed by atoms with Gasteiger partial charge in [-0.1, -0.05) is 30.5 Å². The van der Waals surface area contributed by atoms with Crippen molar-refractivity contribution in [1.82, 2.24) is 9.80 Å². The predicted molar refractivity (Wildman–Crippen MR) is 99.1 cm³/mol. The molecule has 3 amide bonds. The van der Waals surface area contributed by atoms with Crippen molar-refractivity contribution < 1.29 is 18.8 Å². The maximum Gasteiger partial charge on any atom is 0.294 e. The van der Waals surface area contributed by atoms with Crippen LogP contribution in [0.2, 0.25) is 5.02 Å². The number of hydrogen-bond acceptors (Lipinski definition) is 4. The highest BCUT2D eigenvalue weighted by Gasteiger charge is 2.37. The average Bonchev–Trinajstić information content (AvgIpc) is 2.82. The summed E-state index contributed by atoms with van der Waals surface area (Å²) >= 11 is 6.65. The third-order valence-corrected chi connectivity index (χ3v) is 5.64. The molecule has 26 heavy (non-hydrogen) atoms. The summed E-state index contributed by atoms with van der Waals surface area (Å²) in [5.41, 5.74) is 0.0542. The van der Waals surface area contributed by atoms with Crippen LogP contribution in [0.15, 0.2) is 23.1 Å². The normalized spacial score (nSPS) is 20.0. The number of halogens is 2. The van der Waals surface area contributed by atoms with Gasteiger partial charge < -0.3 is 4.90 Å². The summed E-state index contributed by atoms with van der Waals surface area (Å²) in [6, 6.07) is 4.19. The molecule has 0 N–H and O–H groups in total. The Kier molecular flexibility index (Phi) is 5.98. The first-order chi connectivity index (χ1) is 12.5. The molecule has 2 saturated heterocycles. The molecule has 138 valence electrons. The number of amides is 3. The largest absolute Gasteiger partial charge is 0.341 e. The molecule has 1 aromatic carbocycles. The van der Waals surface area contributed by atoms with Crippen molar-refractivity contribution in [3.63, 3.8) is 0 Å². The number of benzene rings is 1. The second-order valence-corrected chi connectivity index (χ2v) is 7.60. The van der Waals surface area contributed by atoms with E-state index in [0.29, 0.717) is 24.9 Å². The van der Waals surface area contributed by atoms with Gasteiger partial charge in [0.1, 0.15) is 12.4 Å². The van der Waals surface area contributed by atoms with Crippen LogP contribution in [0.25, 0.3) is 6.08 Å². The molecule has 0 spiro atoms. The van der Waals surface area contributed by atoms with Crippen molar-refractivity contribution >= 4 is 46.5 Å². The maximum absolute atomic E-state index is 13.9. The van der Waals surface area contributed by atoms with Crippen LogP contribution < -0.4 is 0 Å². The predicted octanol–water partition coefficient (Wildman–Crippen LogP) is 3.92. The van der Waals surface area contributed by atoms with E-state index in [1.54, 1.807) is 4.90 Å². The quantitative estimate of drug-likeness (QED) is 0.726. The summed E-state index contributed by atoms with van der Waals surface area (Å²) in [5.74, 6) is -1.41. The molecule has 0 aromatic heterocycles. The highest BCUT2D eigenvalue weighted by atomic mass is 35.5. The zero-order valence-corrected chi connectivity index (χ0v) is 15.6. The number of rotatable bonds is 3. The number of carbonyl (C=O) groups is 3. The van der Waals surface area contributed by atoms with Crippen molar-refractivity contribution in [2.45, 2.75) is 25.7 Å². The van der Waals surface area contributed by atoms with Crippen LogP contribution in [0.1, 0.15) is 31.2 Å². The average molecular weight is 397 g/mol. The summed E-state index contributed by atoms with van der Waals surface area (Å²) < 4.78 is 13.9. The Bertz CT molecular complexity index is 755. The van der Waals surface area contributed by atoms with E-state index in [2.05, 4.69) is 0 Å². The van der Waals surface area contributed by atoms with Gasteiger partial charge in [0.25, 0.3) is 11.1 Å². The summed E-state index contributed by atoms with van der Waals surface area (Å²) in [4.78, 5) is 39.8. The van der Waals surface area contributed by atoms with Crippen LogP contribution >= 0.6 is 23.4 Å². The zero-order valence-electron chi connectivity index (χ0n) is 14.0. The molecule has 0 bridgehead atoms. The van der Waals surface area contributed by atoms with Gasteiger partial charge in [0.15, 0.2) is 0 Å². The summed E-state index contributed by atoms with van der Waals surface area (Å²) in [7, 11) is 0. The first-order valence-electron chi connectivity index (χ1n) is 8.44. The highest BCUT2D eigenvalue weighted by molar-refractivity contribution is 8.18. The van der Waals surface area contributed by atoms with Crippen LogP contribution in [0.4, 0.5) is 9.18 Å². The third kappa shape index (κ3) is 4.10. The SMILES string of the molecule is O=C(CN1C(=O)SC(=Cc2c(F)cccc2Cl)C1=O)N1CCCCCC1. The molecule has 0 unspecified atom stereocenters. The molecule has 2 heterocycles. The van der Waals surface area contributed by atoms with E-state index in [9.17, 15) is 18.8 Å². The Morgan fingerprint density at radius 3 is 2.54 bits per heavy atom. The van der Waals surface area contributed by atoms with E-state index in [1.807, 2.05) is 0 Å². The fourth-order valence-electron chi connectivity index (χ4n) is 2.97. The third-order valence-electron chi connectivity index (χ3n) is 4.40. The fourth-order valence-corrected chi connectivity index (χ4v) is 4.01. The lowest BCUT2D eigenvalue weighted by Crippen LogP contribution is -2.42. The zero-order chi connectivity index (χ0) is 18.7. The summed E-state index contributed by atoms with van der Waals surface area (Å²) in [6.45, 7) is 1.01. The second kappa shape index (κ2) is 8.22. The van der Waals surface area contributed by atoms with Gasteiger partial charge in [-0.25, -0.2) is 4.39 Å². The lowest BCUT2D eigenvalue weighted by atomic mass is 10.2. The summed E-state index contributed by atoms with van der Waals surface area (Å²) in [6.07, 6.45) is 5.28. The van der Waals surface area contributed by atoms with Crippen LogP contribution in [-0.4, -0.2) is 46.5 Å². The molecule has 0 atom stereocenters. The van der Waals surface area contributed by atoms with Crippen LogP contribution in [0.3, 0.4) is 0 Å². The topological polar surface area (TPSA) is 57.7 Å². The maximum atomic E-state index is 13.9. The Hall–Kier alpha value is -1.86. The molecule has 1 aromatic rings. The van der Waals surface area contributed by atoms with Gasteiger partial charge in [-0.05, 0) is 42.8 Å². The molecule has 0 saturated carbocycles. The molecular formula is C18H18ClFN2O3S. The van der Waals surface area contributed by atoms with E-state index < -0.39 is 17.0 Å². The second-order valence-electron chi connectivity index (χ2n) is 6.20. The number of imide groups is 1. The first kappa shape index (κ1) is 18.9. The molecule has 0 aliphatic carbocycles. The fraction of sp³-hybridized carbons (Fsp3) is 0.389. The molecular weight excluding hydrogens is 379 g/mol. The minimum Gasteiger partial charge on any atom is -0.341 e. The highest BCUT2D eigenvalue weighted by Crippen LogP contribution is 2.34. The van der Waals surface area contributed by atoms with Crippen LogP contribution in [0, 0.1) is 5.82 Å². The molecule has 5 nitrogen and oxygen atoms in total. The number of nitrogens with zero attached hydrogens (tertiary/aromatic N) is 2. The summed E-state index contributed by atoms with van der Waals surface area (Å²) in [5, 5.41) is -0.380. The Morgan fingerprint density at radius 1 is 1.19 bits per heavy atom. The van der Waals surface area contributed by atoms with E-state index in [4.69, 9.17) is 11.6 Å². The minimum absolute atomic E-state index is 0.0542. The number of thioether (sulfide) groups is 1. The lowest BCUT2D eigenvalue weighted by Gasteiger charge is -2.22. The number of hydrogen-bond donors (Lipinski definition) is 0. The molecule has 8 heteroatoms. The molecule has 2 aliphatic rings. The van der Waals surface area contributed by atoms with E-state index >= 15 is 0 Å². The van der Waals surface area contributed by atoms with Gasteiger partial charge in [0, 0.05) is 18.7 Å². The van der Waals surface area contributed by atoms with Crippen molar-refractivity contribution in [3.05, 3.63) is 39.5 Å². The van der Waals surface area contributed by atoms with E-state index in [1.165, 1.54) is 24.3 Å². The van der Waals surface area contributed by atoms with Gasteiger partial charge in [-0.3, -0.25) is 19.3 Å². The van der Waals surface area contributed by atoms with Gasteiger partial charge in [-0.2, -0.15) is 0 Å². The Morgan fingerprint density at radius 2 is 1.88 bits per heavy atom. The van der Waals surface area contributed by atoms with Crippen LogP contribution in [0.5, 0.6) is 0 Å². The molecule has 2 aliphatic heterocycles. The van der Waals surface area contributed by atoms with Gasteiger partial charge >= 0.3 is 0 Å². The van der Waals surface area contributed by atoms with Gasteiger partial charge in [0.05, 0.1) is 9.93 Å².